The smallest absolute Gasteiger partial charge is 0.307 e. The lowest BCUT2D eigenvalue weighted by molar-refractivity contribution is -0.147. The van der Waals surface area contributed by atoms with Crippen molar-refractivity contribution in [3.05, 3.63) is 35.9 Å². The second kappa shape index (κ2) is 12.1. The highest BCUT2D eigenvalue weighted by molar-refractivity contribution is 5.81. The molecule has 0 aliphatic rings. The predicted molar refractivity (Wildman–Crippen MR) is 93.8 cm³/mol. The number of nitrogens with zero attached hydrogens (tertiary/aromatic N) is 1. The normalized spacial score (nSPS) is 10.2. The summed E-state index contributed by atoms with van der Waals surface area (Å²) < 4.78 is 9.76. The predicted octanol–water partition coefficient (Wildman–Crippen LogP) is 2.35. The van der Waals surface area contributed by atoms with Gasteiger partial charge >= 0.3 is 11.9 Å². The average Bonchev–Trinajstić information content (AvgIpc) is 2.61. The summed E-state index contributed by atoms with van der Waals surface area (Å²) >= 11 is 0. The molecule has 0 saturated carbocycles. The SMILES string of the molecule is CCOC(=O)CCC(=O)N(CCC(=O)OCC)CCc1ccccc1. The summed E-state index contributed by atoms with van der Waals surface area (Å²) in [4.78, 5) is 37.0. The Morgan fingerprint density at radius 1 is 0.840 bits per heavy atom. The maximum atomic E-state index is 12.4. The van der Waals surface area contributed by atoms with Crippen LogP contribution in [-0.4, -0.2) is 49.0 Å². The molecule has 0 unspecified atom stereocenters. The number of amides is 1. The van der Waals surface area contributed by atoms with Crippen LogP contribution in [0.1, 0.15) is 38.7 Å². The van der Waals surface area contributed by atoms with Gasteiger partial charge in [-0.1, -0.05) is 30.3 Å². The highest BCUT2D eigenvalue weighted by Gasteiger charge is 2.17. The summed E-state index contributed by atoms with van der Waals surface area (Å²) in [5.41, 5.74) is 1.11. The minimum Gasteiger partial charge on any atom is -0.466 e. The van der Waals surface area contributed by atoms with Crippen molar-refractivity contribution < 1.29 is 23.9 Å². The molecule has 6 heteroatoms. The van der Waals surface area contributed by atoms with Gasteiger partial charge in [0.05, 0.1) is 26.1 Å². The number of benzene rings is 1. The van der Waals surface area contributed by atoms with Crippen molar-refractivity contribution in [2.24, 2.45) is 0 Å². The van der Waals surface area contributed by atoms with E-state index in [9.17, 15) is 14.4 Å². The van der Waals surface area contributed by atoms with Gasteiger partial charge in [-0.2, -0.15) is 0 Å². The maximum absolute atomic E-state index is 12.4. The number of hydrogen-bond donors (Lipinski definition) is 0. The van der Waals surface area contributed by atoms with Crippen molar-refractivity contribution in [1.82, 2.24) is 4.90 Å². The maximum Gasteiger partial charge on any atom is 0.307 e. The molecule has 1 rings (SSSR count). The standard InChI is InChI=1S/C19H27NO5/c1-3-24-18(22)11-10-17(21)20(15-13-19(23)25-4-2)14-12-16-8-6-5-7-9-16/h5-9H,3-4,10-15H2,1-2H3. The Kier molecular flexibility index (Phi) is 9.97. The number of esters is 2. The molecule has 0 aliphatic carbocycles. The molecule has 0 aromatic heterocycles. The summed E-state index contributed by atoms with van der Waals surface area (Å²) in [6, 6.07) is 9.81. The quantitative estimate of drug-likeness (QED) is 0.574. The van der Waals surface area contributed by atoms with Crippen LogP contribution in [0.5, 0.6) is 0 Å². The Bertz CT molecular complexity index is 544. The summed E-state index contributed by atoms with van der Waals surface area (Å²) in [5.74, 6) is -0.872. The zero-order valence-electron chi connectivity index (χ0n) is 15.0. The zero-order chi connectivity index (χ0) is 18.5. The number of ether oxygens (including phenoxy) is 2. The van der Waals surface area contributed by atoms with E-state index in [0.29, 0.717) is 26.2 Å². The van der Waals surface area contributed by atoms with Gasteiger partial charge in [0.2, 0.25) is 5.91 Å². The first-order valence-electron chi connectivity index (χ1n) is 8.69. The van der Waals surface area contributed by atoms with E-state index in [2.05, 4.69) is 0 Å². The molecule has 0 spiro atoms. The highest BCUT2D eigenvalue weighted by Crippen LogP contribution is 2.06. The Balaban J connectivity index is 2.57. The summed E-state index contributed by atoms with van der Waals surface area (Å²) in [6.45, 7) is 4.87. The summed E-state index contributed by atoms with van der Waals surface area (Å²) in [5, 5.41) is 0. The molecular formula is C19H27NO5. The Morgan fingerprint density at radius 2 is 1.44 bits per heavy atom. The van der Waals surface area contributed by atoms with Crippen LogP contribution < -0.4 is 0 Å². The second-order valence-electron chi connectivity index (χ2n) is 5.48. The first-order valence-corrected chi connectivity index (χ1v) is 8.69. The second-order valence-corrected chi connectivity index (χ2v) is 5.48. The van der Waals surface area contributed by atoms with Crippen LogP contribution >= 0.6 is 0 Å². The van der Waals surface area contributed by atoms with Gasteiger partial charge in [0.1, 0.15) is 0 Å². The van der Waals surface area contributed by atoms with Crippen LogP contribution in [0.15, 0.2) is 30.3 Å². The molecule has 0 aliphatic heterocycles. The van der Waals surface area contributed by atoms with Crippen molar-refractivity contribution in [1.29, 1.82) is 0 Å². The molecule has 0 radical (unpaired) electrons. The molecule has 0 atom stereocenters. The Morgan fingerprint density at radius 3 is 2.04 bits per heavy atom. The highest BCUT2D eigenvalue weighted by atomic mass is 16.5. The van der Waals surface area contributed by atoms with Gasteiger partial charge < -0.3 is 14.4 Å². The molecule has 0 fully saturated rings. The lowest BCUT2D eigenvalue weighted by atomic mass is 10.1. The minimum atomic E-state index is -0.385. The minimum absolute atomic E-state index is 0.0495. The van der Waals surface area contributed by atoms with E-state index < -0.39 is 0 Å². The van der Waals surface area contributed by atoms with Crippen LogP contribution in [0, 0.1) is 0 Å². The summed E-state index contributed by atoms with van der Waals surface area (Å²) in [6.07, 6.45) is 0.965. The molecule has 0 N–H and O–H groups in total. The average molecular weight is 349 g/mol. The van der Waals surface area contributed by atoms with E-state index in [-0.39, 0.29) is 43.7 Å². The van der Waals surface area contributed by atoms with Crippen LogP contribution in [0.25, 0.3) is 0 Å². The molecule has 1 aromatic rings. The number of carbonyl (C=O) groups excluding carboxylic acids is 3. The zero-order valence-corrected chi connectivity index (χ0v) is 15.0. The first kappa shape index (κ1) is 20.7. The molecule has 1 amide bonds. The van der Waals surface area contributed by atoms with Gasteiger partial charge in [-0.05, 0) is 25.8 Å². The number of carbonyl (C=O) groups is 3. The fraction of sp³-hybridized carbons (Fsp3) is 0.526. The van der Waals surface area contributed by atoms with E-state index in [0.717, 1.165) is 5.56 Å². The largest absolute Gasteiger partial charge is 0.466 e. The van der Waals surface area contributed by atoms with E-state index in [1.54, 1.807) is 18.7 Å². The molecule has 25 heavy (non-hydrogen) atoms. The van der Waals surface area contributed by atoms with Gasteiger partial charge in [-0.3, -0.25) is 14.4 Å². The van der Waals surface area contributed by atoms with Crippen molar-refractivity contribution in [3.63, 3.8) is 0 Å². The van der Waals surface area contributed by atoms with E-state index in [1.165, 1.54) is 0 Å². The molecule has 0 saturated heterocycles. The third-order valence-electron chi connectivity index (χ3n) is 3.61. The molecule has 1 aromatic carbocycles. The molecule has 0 heterocycles. The number of rotatable bonds is 11. The molecular weight excluding hydrogens is 322 g/mol. The third kappa shape index (κ3) is 8.88. The van der Waals surface area contributed by atoms with Gasteiger partial charge in [-0.25, -0.2) is 0 Å². The third-order valence-corrected chi connectivity index (χ3v) is 3.61. The number of hydrogen-bond acceptors (Lipinski definition) is 5. The van der Waals surface area contributed by atoms with Crippen LogP contribution in [0.3, 0.4) is 0 Å². The van der Waals surface area contributed by atoms with Crippen molar-refractivity contribution in [2.75, 3.05) is 26.3 Å². The topological polar surface area (TPSA) is 72.9 Å². The van der Waals surface area contributed by atoms with Crippen molar-refractivity contribution in [2.45, 2.75) is 39.5 Å². The van der Waals surface area contributed by atoms with Crippen LogP contribution in [0.2, 0.25) is 0 Å². The van der Waals surface area contributed by atoms with Gasteiger partial charge in [0.25, 0.3) is 0 Å². The Labute approximate surface area is 149 Å². The lowest BCUT2D eigenvalue weighted by Gasteiger charge is -2.22. The molecule has 0 bridgehead atoms. The monoisotopic (exact) mass is 349 g/mol. The van der Waals surface area contributed by atoms with E-state index >= 15 is 0 Å². The van der Waals surface area contributed by atoms with Gasteiger partial charge in [0.15, 0.2) is 0 Å². The lowest BCUT2D eigenvalue weighted by Crippen LogP contribution is -2.35. The molecule has 138 valence electrons. The van der Waals surface area contributed by atoms with Crippen LogP contribution in [0.4, 0.5) is 0 Å². The van der Waals surface area contributed by atoms with E-state index in [4.69, 9.17) is 9.47 Å². The first-order chi connectivity index (χ1) is 12.1. The fourth-order valence-electron chi connectivity index (χ4n) is 2.33. The fourth-order valence-corrected chi connectivity index (χ4v) is 2.33. The van der Waals surface area contributed by atoms with Crippen molar-refractivity contribution >= 4 is 17.8 Å². The molecule has 6 nitrogen and oxygen atoms in total. The summed E-state index contributed by atoms with van der Waals surface area (Å²) in [7, 11) is 0. The van der Waals surface area contributed by atoms with Gasteiger partial charge in [-0.15, -0.1) is 0 Å². The van der Waals surface area contributed by atoms with Crippen molar-refractivity contribution in [3.8, 4) is 0 Å². The van der Waals surface area contributed by atoms with Gasteiger partial charge in [0, 0.05) is 19.5 Å². The van der Waals surface area contributed by atoms with Crippen LogP contribution in [-0.2, 0) is 30.3 Å². The Hall–Kier alpha value is -2.37. The van der Waals surface area contributed by atoms with E-state index in [1.807, 2.05) is 30.3 Å².